The minimum atomic E-state index is -4.38. The van der Waals surface area contributed by atoms with E-state index >= 15 is 0 Å². The van der Waals surface area contributed by atoms with Crippen LogP contribution in [0.1, 0.15) is 11.3 Å². The number of aromatic nitrogens is 1. The fourth-order valence-electron chi connectivity index (χ4n) is 1.83. The molecule has 2 aromatic rings. The van der Waals surface area contributed by atoms with Crippen molar-refractivity contribution in [3.05, 3.63) is 40.9 Å². The van der Waals surface area contributed by atoms with Crippen molar-refractivity contribution in [3.8, 4) is 10.6 Å². The first-order chi connectivity index (χ1) is 11.8. The van der Waals surface area contributed by atoms with Crippen molar-refractivity contribution < 1.29 is 22.8 Å². The zero-order chi connectivity index (χ0) is 18.4. The normalized spacial score (nSPS) is 10.8. The maximum atomic E-state index is 12.6. The lowest BCUT2D eigenvalue weighted by Gasteiger charge is -2.06. The van der Waals surface area contributed by atoms with Crippen molar-refractivity contribution in [2.45, 2.75) is 12.7 Å². The van der Waals surface area contributed by atoms with Crippen LogP contribution in [0, 0.1) is 0 Å². The van der Waals surface area contributed by atoms with Crippen LogP contribution in [0.2, 0.25) is 0 Å². The van der Waals surface area contributed by atoms with Crippen molar-refractivity contribution in [2.24, 2.45) is 5.73 Å². The van der Waals surface area contributed by atoms with Gasteiger partial charge < -0.3 is 16.4 Å². The number of amides is 2. The first kappa shape index (κ1) is 21.9. The third kappa shape index (κ3) is 6.28. The Morgan fingerprint density at radius 1 is 1.12 bits per heavy atom. The van der Waals surface area contributed by atoms with Gasteiger partial charge in [0.15, 0.2) is 0 Å². The molecule has 1 aromatic carbocycles. The van der Waals surface area contributed by atoms with Crippen LogP contribution in [0.15, 0.2) is 29.6 Å². The number of rotatable bonds is 6. The van der Waals surface area contributed by atoms with Gasteiger partial charge in [0.1, 0.15) is 5.01 Å². The highest BCUT2D eigenvalue weighted by molar-refractivity contribution is 7.13. The number of nitrogens with one attached hydrogen (secondary N) is 2. The molecule has 0 saturated carbocycles. The van der Waals surface area contributed by atoms with Gasteiger partial charge in [0.2, 0.25) is 11.8 Å². The quantitative estimate of drug-likeness (QED) is 0.680. The predicted molar refractivity (Wildman–Crippen MR) is 93.7 cm³/mol. The number of carbonyl (C=O) groups is 2. The predicted octanol–water partition coefficient (Wildman–Crippen LogP) is 1.94. The molecule has 0 saturated heterocycles. The Balaban J connectivity index is 0.00000338. The zero-order valence-corrected chi connectivity index (χ0v) is 14.9. The molecule has 0 spiro atoms. The summed E-state index contributed by atoms with van der Waals surface area (Å²) in [6.45, 7) is -0.240. The van der Waals surface area contributed by atoms with Crippen LogP contribution in [0.25, 0.3) is 10.6 Å². The van der Waals surface area contributed by atoms with E-state index in [1.54, 1.807) is 5.38 Å². The zero-order valence-electron chi connectivity index (χ0n) is 13.3. The molecule has 1 heterocycles. The van der Waals surface area contributed by atoms with E-state index in [-0.39, 0.29) is 32.0 Å². The number of alkyl halides is 3. The molecule has 0 aliphatic heterocycles. The molecule has 0 aliphatic carbocycles. The average Bonchev–Trinajstić information content (AvgIpc) is 3.06. The number of carbonyl (C=O) groups excluding carboxylic acids is 2. The van der Waals surface area contributed by atoms with Crippen LogP contribution < -0.4 is 16.4 Å². The lowest BCUT2D eigenvalue weighted by Crippen LogP contribution is -2.39. The molecular formula is C15H16ClF3N4O2S. The summed E-state index contributed by atoms with van der Waals surface area (Å²) < 4.78 is 37.7. The van der Waals surface area contributed by atoms with Crippen LogP contribution in [-0.2, 0) is 22.3 Å². The van der Waals surface area contributed by atoms with Gasteiger partial charge in [-0.1, -0.05) is 12.1 Å². The van der Waals surface area contributed by atoms with Crippen molar-refractivity contribution in [1.82, 2.24) is 15.6 Å². The third-order valence-corrected chi connectivity index (χ3v) is 4.05. The molecule has 0 aliphatic rings. The summed E-state index contributed by atoms with van der Waals surface area (Å²) >= 11 is 1.26. The molecule has 142 valence electrons. The number of benzene rings is 1. The SMILES string of the molecule is Cl.NCC(=O)NCC(=O)NCc1csc(-c2ccc(C(F)(F)F)cc2)n1. The van der Waals surface area contributed by atoms with Crippen LogP contribution in [0.5, 0.6) is 0 Å². The minimum Gasteiger partial charge on any atom is -0.349 e. The molecule has 1 aromatic heterocycles. The van der Waals surface area contributed by atoms with Gasteiger partial charge in [-0.25, -0.2) is 4.98 Å². The minimum absolute atomic E-state index is 0. The number of nitrogens with zero attached hydrogens (tertiary/aromatic N) is 1. The molecule has 0 bridgehead atoms. The molecule has 0 fully saturated rings. The lowest BCUT2D eigenvalue weighted by atomic mass is 10.1. The highest BCUT2D eigenvalue weighted by Crippen LogP contribution is 2.31. The Kier molecular flexibility index (Phi) is 8.00. The monoisotopic (exact) mass is 408 g/mol. The van der Waals surface area contributed by atoms with Crippen molar-refractivity contribution in [2.75, 3.05) is 13.1 Å². The number of nitrogens with two attached hydrogens (primary N) is 1. The van der Waals surface area contributed by atoms with E-state index in [9.17, 15) is 22.8 Å². The topological polar surface area (TPSA) is 97.1 Å². The lowest BCUT2D eigenvalue weighted by molar-refractivity contribution is -0.137. The Labute approximate surface area is 157 Å². The molecule has 0 radical (unpaired) electrons. The van der Waals surface area contributed by atoms with Gasteiger partial charge in [0.25, 0.3) is 0 Å². The molecule has 6 nitrogen and oxygen atoms in total. The van der Waals surface area contributed by atoms with E-state index in [0.717, 1.165) is 12.1 Å². The van der Waals surface area contributed by atoms with E-state index in [2.05, 4.69) is 15.6 Å². The highest BCUT2D eigenvalue weighted by Gasteiger charge is 2.30. The van der Waals surface area contributed by atoms with Crippen LogP contribution in [-0.4, -0.2) is 29.9 Å². The first-order valence-corrected chi connectivity index (χ1v) is 8.03. The highest BCUT2D eigenvalue weighted by atomic mass is 35.5. The smallest absolute Gasteiger partial charge is 0.349 e. The molecule has 26 heavy (non-hydrogen) atoms. The third-order valence-electron chi connectivity index (χ3n) is 3.11. The van der Waals surface area contributed by atoms with Gasteiger partial charge in [0, 0.05) is 10.9 Å². The van der Waals surface area contributed by atoms with Crippen molar-refractivity contribution in [3.63, 3.8) is 0 Å². The molecule has 11 heteroatoms. The summed E-state index contributed by atoms with van der Waals surface area (Å²) in [7, 11) is 0. The standard InChI is InChI=1S/C15H15F3N4O2S.ClH/c16-15(17,18)10-3-1-9(2-4-10)14-22-11(8-25-14)6-20-13(24)7-21-12(23)5-19;/h1-4,8H,5-7,19H2,(H,20,24)(H,21,23);1H. The summed E-state index contributed by atoms with van der Waals surface area (Å²) in [5.74, 6) is -0.834. The van der Waals surface area contributed by atoms with Crippen molar-refractivity contribution in [1.29, 1.82) is 0 Å². The second kappa shape index (κ2) is 9.51. The fraction of sp³-hybridized carbons (Fsp3) is 0.267. The number of halogens is 4. The molecule has 0 unspecified atom stereocenters. The summed E-state index contributed by atoms with van der Waals surface area (Å²) in [6, 6.07) is 4.70. The van der Waals surface area contributed by atoms with Gasteiger partial charge in [-0.05, 0) is 12.1 Å². The van der Waals surface area contributed by atoms with Gasteiger partial charge >= 0.3 is 6.18 Å². The Morgan fingerprint density at radius 2 is 1.77 bits per heavy atom. The van der Waals surface area contributed by atoms with Gasteiger partial charge in [-0.2, -0.15) is 13.2 Å². The molecule has 2 amide bonds. The van der Waals surface area contributed by atoms with E-state index in [1.807, 2.05) is 0 Å². The Bertz CT molecular complexity index is 750. The number of hydrogen-bond donors (Lipinski definition) is 3. The largest absolute Gasteiger partial charge is 0.416 e. The summed E-state index contributed by atoms with van der Waals surface area (Å²) in [6.07, 6.45) is -4.38. The van der Waals surface area contributed by atoms with Gasteiger partial charge in [-0.15, -0.1) is 23.7 Å². The van der Waals surface area contributed by atoms with Gasteiger partial charge in [0.05, 0.1) is 30.9 Å². The van der Waals surface area contributed by atoms with Crippen molar-refractivity contribution >= 4 is 35.6 Å². The molecule has 4 N–H and O–H groups in total. The first-order valence-electron chi connectivity index (χ1n) is 7.15. The molecule has 0 atom stereocenters. The maximum Gasteiger partial charge on any atom is 0.416 e. The second-order valence-corrected chi connectivity index (χ2v) is 5.83. The van der Waals surface area contributed by atoms with Crippen LogP contribution in [0.4, 0.5) is 13.2 Å². The molecule has 2 rings (SSSR count). The van der Waals surface area contributed by atoms with E-state index < -0.39 is 23.6 Å². The van der Waals surface area contributed by atoms with Crippen LogP contribution >= 0.6 is 23.7 Å². The average molecular weight is 409 g/mol. The molecular weight excluding hydrogens is 393 g/mol. The van der Waals surface area contributed by atoms with E-state index in [0.29, 0.717) is 16.3 Å². The van der Waals surface area contributed by atoms with E-state index in [1.165, 1.54) is 23.5 Å². The fourth-order valence-corrected chi connectivity index (χ4v) is 2.65. The Morgan fingerprint density at radius 3 is 2.35 bits per heavy atom. The number of hydrogen-bond acceptors (Lipinski definition) is 5. The number of thiazole rings is 1. The van der Waals surface area contributed by atoms with Gasteiger partial charge in [-0.3, -0.25) is 9.59 Å². The maximum absolute atomic E-state index is 12.6. The Hall–Kier alpha value is -2.17. The summed E-state index contributed by atoms with van der Waals surface area (Å²) in [5, 5.41) is 7.15. The summed E-state index contributed by atoms with van der Waals surface area (Å²) in [4.78, 5) is 26.8. The van der Waals surface area contributed by atoms with Crippen LogP contribution in [0.3, 0.4) is 0 Å². The summed E-state index contributed by atoms with van der Waals surface area (Å²) in [5.41, 5.74) is 5.51. The second-order valence-electron chi connectivity index (χ2n) is 4.98. The van der Waals surface area contributed by atoms with E-state index in [4.69, 9.17) is 5.73 Å².